The number of ether oxygens (including phenoxy) is 2. The smallest absolute Gasteiger partial charge is 0.151 e. The molecule has 5 nitrogen and oxygen atoms in total. The zero-order valence-electron chi connectivity index (χ0n) is 11.9. The van der Waals surface area contributed by atoms with Crippen molar-refractivity contribution in [3.63, 3.8) is 0 Å². The Balaban J connectivity index is 1.84. The molecule has 0 amide bonds. The van der Waals surface area contributed by atoms with E-state index in [2.05, 4.69) is 0 Å². The van der Waals surface area contributed by atoms with Gasteiger partial charge in [0.05, 0.1) is 30.6 Å². The van der Waals surface area contributed by atoms with Crippen LogP contribution in [0.15, 0.2) is 48.5 Å². The van der Waals surface area contributed by atoms with Crippen LogP contribution in [0.3, 0.4) is 0 Å². The lowest BCUT2D eigenvalue weighted by molar-refractivity contribution is -0.0964. The molecule has 22 heavy (non-hydrogen) atoms. The summed E-state index contributed by atoms with van der Waals surface area (Å²) >= 11 is 0. The fourth-order valence-corrected chi connectivity index (χ4v) is 3.08. The Morgan fingerprint density at radius 2 is 1.45 bits per heavy atom. The summed E-state index contributed by atoms with van der Waals surface area (Å²) in [7, 11) is 0. The van der Waals surface area contributed by atoms with Crippen LogP contribution in [0.4, 0.5) is 11.4 Å². The molecule has 2 aliphatic rings. The molecule has 1 saturated heterocycles. The van der Waals surface area contributed by atoms with E-state index < -0.39 is 12.2 Å². The molecular formula is C17H17NO4. The number of nitrogens with zero attached hydrogens (tertiary/aromatic N) is 1. The van der Waals surface area contributed by atoms with Crippen molar-refractivity contribution >= 4 is 11.4 Å². The molecule has 2 aliphatic heterocycles. The molecule has 0 radical (unpaired) electrons. The first-order valence-corrected chi connectivity index (χ1v) is 7.35. The van der Waals surface area contributed by atoms with Gasteiger partial charge in [-0.2, -0.15) is 0 Å². The molecule has 5 heteroatoms. The third-order valence-corrected chi connectivity index (χ3v) is 4.17. The number of aliphatic hydroxyl groups excluding tert-OH is 2. The van der Waals surface area contributed by atoms with Crippen LogP contribution in [-0.4, -0.2) is 41.7 Å². The number of aliphatic hydroxyl groups is 2. The molecule has 2 N–H and O–H groups in total. The highest BCUT2D eigenvalue weighted by Crippen LogP contribution is 2.48. The normalized spacial score (nSPS) is 26.8. The lowest BCUT2D eigenvalue weighted by atomic mass is 9.99. The molecule has 0 unspecified atom stereocenters. The number of benzene rings is 2. The molecule has 3 atom stereocenters. The van der Waals surface area contributed by atoms with E-state index in [0.29, 0.717) is 6.61 Å². The van der Waals surface area contributed by atoms with Gasteiger partial charge >= 0.3 is 0 Å². The monoisotopic (exact) mass is 299 g/mol. The topological polar surface area (TPSA) is 62.2 Å². The molecule has 2 aromatic carbocycles. The summed E-state index contributed by atoms with van der Waals surface area (Å²) in [5.74, 6) is 1.46. The van der Waals surface area contributed by atoms with Crippen LogP contribution in [0.25, 0.3) is 0 Å². The lowest BCUT2D eigenvalue weighted by Gasteiger charge is -2.43. The maximum Gasteiger partial charge on any atom is 0.151 e. The van der Waals surface area contributed by atoms with Gasteiger partial charge in [0.1, 0.15) is 12.2 Å². The number of hydrogen-bond acceptors (Lipinski definition) is 5. The third-order valence-electron chi connectivity index (χ3n) is 4.17. The van der Waals surface area contributed by atoms with Crippen molar-refractivity contribution in [1.82, 2.24) is 0 Å². The van der Waals surface area contributed by atoms with Crippen LogP contribution in [0.1, 0.15) is 0 Å². The van der Waals surface area contributed by atoms with Gasteiger partial charge in [0.2, 0.25) is 0 Å². The molecule has 0 saturated carbocycles. The van der Waals surface area contributed by atoms with E-state index in [9.17, 15) is 10.2 Å². The minimum absolute atomic E-state index is 0.158. The molecule has 0 aliphatic carbocycles. The summed E-state index contributed by atoms with van der Waals surface area (Å²) in [4.78, 5) is 2.00. The maximum atomic E-state index is 10.4. The van der Waals surface area contributed by atoms with Gasteiger partial charge in [-0.3, -0.25) is 0 Å². The van der Waals surface area contributed by atoms with Crippen LogP contribution in [-0.2, 0) is 4.74 Å². The summed E-state index contributed by atoms with van der Waals surface area (Å²) in [5.41, 5.74) is 1.73. The second kappa shape index (κ2) is 5.28. The Kier molecular flexibility index (Phi) is 3.26. The number of hydrogen-bond donors (Lipinski definition) is 2. The standard InChI is InChI=1S/C17H17NO4/c19-14-10-21-9-13(17(14)20)18-11-5-1-3-7-15(11)22-16-8-4-2-6-12(16)18/h1-8,13-14,17,19-20H,9-10H2/t13-,14-,17+/m1/s1. The molecule has 4 rings (SSSR count). The number of para-hydroxylation sites is 4. The number of fused-ring (bicyclic) bond motifs is 2. The lowest BCUT2D eigenvalue weighted by Crippen LogP contribution is -2.55. The van der Waals surface area contributed by atoms with Crippen LogP contribution < -0.4 is 9.64 Å². The molecule has 1 fully saturated rings. The Hall–Kier alpha value is -2.08. The minimum atomic E-state index is -0.888. The van der Waals surface area contributed by atoms with E-state index in [4.69, 9.17) is 9.47 Å². The molecule has 0 spiro atoms. The Morgan fingerprint density at radius 3 is 2.09 bits per heavy atom. The second-order valence-electron chi connectivity index (χ2n) is 5.57. The summed E-state index contributed by atoms with van der Waals surface area (Å²) < 4.78 is 11.4. The fourth-order valence-electron chi connectivity index (χ4n) is 3.08. The van der Waals surface area contributed by atoms with E-state index in [1.165, 1.54) is 0 Å². The average molecular weight is 299 g/mol. The summed E-state index contributed by atoms with van der Waals surface area (Å²) in [5, 5.41) is 20.4. The maximum absolute atomic E-state index is 10.4. The first-order valence-electron chi connectivity index (χ1n) is 7.35. The quantitative estimate of drug-likeness (QED) is 0.844. The highest BCUT2D eigenvalue weighted by atomic mass is 16.5. The van der Waals surface area contributed by atoms with Crippen LogP contribution >= 0.6 is 0 Å². The van der Waals surface area contributed by atoms with Gasteiger partial charge in [0, 0.05) is 0 Å². The van der Waals surface area contributed by atoms with E-state index >= 15 is 0 Å². The first-order chi connectivity index (χ1) is 10.8. The van der Waals surface area contributed by atoms with Crippen molar-refractivity contribution in [2.75, 3.05) is 18.1 Å². The van der Waals surface area contributed by atoms with E-state index in [-0.39, 0.29) is 12.6 Å². The van der Waals surface area contributed by atoms with Gasteiger partial charge in [0.15, 0.2) is 11.5 Å². The predicted molar refractivity (Wildman–Crippen MR) is 81.7 cm³/mol. The van der Waals surface area contributed by atoms with Crippen LogP contribution in [0.2, 0.25) is 0 Å². The fraction of sp³-hybridized carbons (Fsp3) is 0.294. The Bertz CT molecular complexity index is 644. The minimum Gasteiger partial charge on any atom is -0.453 e. The van der Waals surface area contributed by atoms with Crippen molar-refractivity contribution in [1.29, 1.82) is 0 Å². The molecular weight excluding hydrogens is 282 g/mol. The summed E-state index contributed by atoms with van der Waals surface area (Å²) in [6.07, 6.45) is -1.77. The van der Waals surface area contributed by atoms with Gasteiger partial charge in [-0.25, -0.2) is 0 Å². The Morgan fingerprint density at radius 1 is 0.864 bits per heavy atom. The van der Waals surface area contributed by atoms with Gasteiger partial charge in [0.25, 0.3) is 0 Å². The van der Waals surface area contributed by atoms with E-state index in [1.54, 1.807) is 0 Å². The number of anilines is 2. The molecule has 2 aromatic rings. The Labute approximate surface area is 128 Å². The van der Waals surface area contributed by atoms with E-state index in [0.717, 1.165) is 22.9 Å². The highest BCUT2D eigenvalue weighted by Gasteiger charge is 2.39. The van der Waals surface area contributed by atoms with Crippen LogP contribution in [0.5, 0.6) is 11.5 Å². The molecule has 0 bridgehead atoms. The largest absolute Gasteiger partial charge is 0.453 e. The highest BCUT2D eigenvalue weighted by molar-refractivity contribution is 5.78. The van der Waals surface area contributed by atoms with Crippen molar-refractivity contribution in [3.05, 3.63) is 48.5 Å². The van der Waals surface area contributed by atoms with Gasteiger partial charge in [-0.1, -0.05) is 24.3 Å². The van der Waals surface area contributed by atoms with E-state index in [1.807, 2.05) is 53.4 Å². The van der Waals surface area contributed by atoms with Gasteiger partial charge < -0.3 is 24.6 Å². The molecule has 2 heterocycles. The van der Waals surface area contributed by atoms with Gasteiger partial charge in [-0.05, 0) is 24.3 Å². The molecule has 0 aromatic heterocycles. The summed E-state index contributed by atoms with van der Waals surface area (Å²) in [6.45, 7) is 0.506. The van der Waals surface area contributed by atoms with Crippen molar-refractivity contribution in [3.8, 4) is 11.5 Å². The van der Waals surface area contributed by atoms with Crippen molar-refractivity contribution < 1.29 is 19.7 Å². The molecule has 114 valence electrons. The zero-order chi connectivity index (χ0) is 15.1. The predicted octanol–water partition coefficient (Wildman–Crippen LogP) is 2.05. The number of rotatable bonds is 1. The van der Waals surface area contributed by atoms with Crippen LogP contribution in [0, 0.1) is 0 Å². The second-order valence-corrected chi connectivity index (χ2v) is 5.57. The van der Waals surface area contributed by atoms with Crippen molar-refractivity contribution in [2.45, 2.75) is 18.2 Å². The third kappa shape index (κ3) is 2.06. The first kappa shape index (κ1) is 13.6. The zero-order valence-corrected chi connectivity index (χ0v) is 11.9. The SMILES string of the molecule is O[C@@H]1[C@H](O)COC[C@H]1N1c2ccccc2Oc2ccccc21. The van der Waals surface area contributed by atoms with Gasteiger partial charge in [-0.15, -0.1) is 0 Å². The summed E-state index contributed by atoms with van der Waals surface area (Å²) in [6, 6.07) is 15.0. The van der Waals surface area contributed by atoms with Crippen molar-refractivity contribution in [2.24, 2.45) is 0 Å². The average Bonchev–Trinajstić information content (AvgIpc) is 2.55.